The van der Waals surface area contributed by atoms with Crippen molar-refractivity contribution in [2.45, 2.75) is 34.1 Å². The van der Waals surface area contributed by atoms with Crippen LogP contribution in [0.25, 0.3) is 0 Å². The average Bonchev–Trinajstić information content (AvgIpc) is 2.41. The lowest BCUT2D eigenvalue weighted by atomic mass is 10.1. The Morgan fingerprint density at radius 1 is 1.25 bits per heavy atom. The van der Waals surface area contributed by atoms with Gasteiger partial charge in [-0.3, -0.25) is 9.59 Å². The molecule has 20 heavy (non-hydrogen) atoms. The fourth-order valence-electron chi connectivity index (χ4n) is 2.03. The maximum atomic E-state index is 12.0. The lowest BCUT2D eigenvalue weighted by Crippen LogP contribution is -2.37. The molecule has 0 radical (unpaired) electrons. The number of para-hydroxylation sites is 1. The largest absolute Gasteiger partial charge is 0.336 e. The van der Waals surface area contributed by atoms with Gasteiger partial charge < -0.3 is 10.2 Å². The van der Waals surface area contributed by atoms with Gasteiger partial charge in [0, 0.05) is 18.7 Å². The minimum atomic E-state index is -0.165. The van der Waals surface area contributed by atoms with E-state index < -0.39 is 0 Å². The van der Waals surface area contributed by atoms with Crippen LogP contribution in [0.3, 0.4) is 0 Å². The summed E-state index contributed by atoms with van der Waals surface area (Å²) in [4.78, 5) is 25.5. The molecule has 0 aliphatic rings. The molecule has 1 aromatic rings. The maximum absolute atomic E-state index is 12.0. The molecule has 1 rings (SSSR count). The molecule has 0 aliphatic heterocycles. The number of nitrogens with one attached hydrogen (secondary N) is 1. The van der Waals surface area contributed by atoms with Gasteiger partial charge in [-0.05, 0) is 31.4 Å². The van der Waals surface area contributed by atoms with Gasteiger partial charge >= 0.3 is 0 Å². The highest BCUT2D eigenvalue weighted by atomic mass is 16.2. The lowest BCUT2D eigenvalue weighted by Gasteiger charge is -2.20. The van der Waals surface area contributed by atoms with Crippen molar-refractivity contribution in [3.63, 3.8) is 0 Å². The second-order valence-corrected chi connectivity index (χ2v) is 5.32. The molecule has 0 aliphatic carbocycles. The molecular formula is C16H24N2O2. The van der Waals surface area contributed by atoms with Crippen molar-refractivity contribution in [3.8, 4) is 0 Å². The van der Waals surface area contributed by atoms with Crippen molar-refractivity contribution < 1.29 is 9.59 Å². The molecule has 4 nitrogen and oxygen atoms in total. The van der Waals surface area contributed by atoms with Crippen molar-refractivity contribution >= 4 is 17.5 Å². The zero-order chi connectivity index (χ0) is 15.3. The summed E-state index contributed by atoms with van der Waals surface area (Å²) in [5, 5.41) is 2.89. The summed E-state index contributed by atoms with van der Waals surface area (Å²) in [5.41, 5.74) is 2.88. The fraction of sp³-hybridized carbons (Fsp3) is 0.500. The molecule has 1 unspecified atom stereocenters. The molecule has 0 fully saturated rings. The topological polar surface area (TPSA) is 49.4 Å². The van der Waals surface area contributed by atoms with Gasteiger partial charge in [0.1, 0.15) is 0 Å². The molecule has 1 N–H and O–H groups in total. The molecule has 0 heterocycles. The summed E-state index contributed by atoms with van der Waals surface area (Å²) < 4.78 is 0. The molecule has 0 spiro atoms. The van der Waals surface area contributed by atoms with E-state index in [-0.39, 0.29) is 24.3 Å². The lowest BCUT2D eigenvalue weighted by molar-refractivity contribution is -0.136. The minimum Gasteiger partial charge on any atom is -0.336 e. The number of nitrogens with zero attached hydrogens (tertiary/aromatic N) is 1. The van der Waals surface area contributed by atoms with Gasteiger partial charge in [-0.15, -0.1) is 0 Å². The molecule has 1 aromatic carbocycles. The van der Waals surface area contributed by atoms with Crippen molar-refractivity contribution in [2.24, 2.45) is 5.92 Å². The molecule has 4 heteroatoms. The van der Waals surface area contributed by atoms with Crippen LogP contribution >= 0.6 is 0 Å². The third-order valence-electron chi connectivity index (χ3n) is 3.54. The number of hydrogen-bond donors (Lipinski definition) is 1. The highest BCUT2D eigenvalue weighted by Gasteiger charge is 2.18. The number of rotatable bonds is 5. The van der Waals surface area contributed by atoms with Gasteiger partial charge in [0.05, 0.1) is 6.54 Å². The van der Waals surface area contributed by atoms with Gasteiger partial charge in [0.2, 0.25) is 11.8 Å². The van der Waals surface area contributed by atoms with Gasteiger partial charge in [-0.25, -0.2) is 0 Å². The first kappa shape index (κ1) is 16.2. The van der Waals surface area contributed by atoms with Gasteiger partial charge in [0.25, 0.3) is 0 Å². The molecule has 2 amide bonds. The molecule has 1 atom stereocenters. The Morgan fingerprint density at radius 3 is 2.30 bits per heavy atom. The summed E-state index contributed by atoms with van der Waals surface area (Å²) in [7, 11) is 1.67. The van der Waals surface area contributed by atoms with Crippen LogP contribution in [-0.2, 0) is 9.59 Å². The van der Waals surface area contributed by atoms with E-state index in [0.717, 1.165) is 23.2 Å². The smallest absolute Gasteiger partial charge is 0.243 e. The Morgan fingerprint density at radius 2 is 1.80 bits per heavy atom. The Bertz CT molecular complexity index is 477. The van der Waals surface area contributed by atoms with Crippen molar-refractivity contribution in [1.29, 1.82) is 0 Å². The minimum absolute atomic E-state index is 0.00385. The Hall–Kier alpha value is -1.84. The maximum Gasteiger partial charge on any atom is 0.243 e. The van der Waals surface area contributed by atoms with Crippen LogP contribution in [0.4, 0.5) is 5.69 Å². The number of likely N-dealkylation sites (N-methyl/N-ethyl adjacent to an activating group) is 1. The zero-order valence-corrected chi connectivity index (χ0v) is 13.0. The molecule has 0 aromatic heterocycles. The number of aryl methyl sites for hydroxylation is 2. The van der Waals surface area contributed by atoms with Crippen LogP contribution < -0.4 is 5.32 Å². The van der Waals surface area contributed by atoms with E-state index in [9.17, 15) is 9.59 Å². The first-order chi connectivity index (χ1) is 9.36. The fourth-order valence-corrected chi connectivity index (χ4v) is 2.03. The van der Waals surface area contributed by atoms with E-state index in [1.807, 2.05) is 45.9 Å². The van der Waals surface area contributed by atoms with E-state index >= 15 is 0 Å². The Labute approximate surface area is 121 Å². The number of carbonyl (C=O) groups excluding carboxylic acids is 2. The Balaban J connectivity index is 2.67. The van der Waals surface area contributed by atoms with Gasteiger partial charge in [-0.2, -0.15) is 0 Å². The molecule has 0 saturated carbocycles. The van der Waals surface area contributed by atoms with Crippen LogP contribution in [-0.4, -0.2) is 30.3 Å². The third-order valence-corrected chi connectivity index (χ3v) is 3.54. The molecule has 0 bridgehead atoms. The average molecular weight is 276 g/mol. The van der Waals surface area contributed by atoms with Crippen molar-refractivity contribution in [2.75, 3.05) is 18.9 Å². The van der Waals surface area contributed by atoms with E-state index in [1.165, 1.54) is 4.90 Å². The number of anilines is 1. The van der Waals surface area contributed by atoms with Crippen LogP contribution in [0.2, 0.25) is 0 Å². The summed E-state index contributed by atoms with van der Waals surface area (Å²) in [6, 6.07) is 5.87. The first-order valence-corrected chi connectivity index (χ1v) is 6.97. The number of carbonyl (C=O) groups is 2. The predicted molar refractivity (Wildman–Crippen MR) is 81.6 cm³/mol. The Kier molecular flexibility index (Phi) is 5.74. The van der Waals surface area contributed by atoms with Crippen LogP contribution in [0.15, 0.2) is 18.2 Å². The van der Waals surface area contributed by atoms with E-state index in [4.69, 9.17) is 0 Å². The second-order valence-electron chi connectivity index (χ2n) is 5.32. The van der Waals surface area contributed by atoms with Crippen molar-refractivity contribution in [1.82, 2.24) is 4.90 Å². The monoisotopic (exact) mass is 276 g/mol. The number of amides is 2. The number of benzene rings is 1. The van der Waals surface area contributed by atoms with E-state index in [1.54, 1.807) is 7.05 Å². The normalized spacial score (nSPS) is 11.8. The van der Waals surface area contributed by atoms with E-state index in [0.29, 0.717) is 0 Å². The van der Waals surface area contributed by atoms with Crippen molar-refractivity contribution in [3.05, 3.63) is 29.3 Å². The second kappa shape index (κ2) is 7.08. The third kappa shape index (κ3) is 4.08. The van der Waals surface area contributed by atoms with Crippen LogP contribution in [0, 0.1) is 19.8 Å². The summed E-state index contributed by atoms with van der Waals surface area (Å²) in [6.07, 6.45) is 0.779. The molecular weight excluding hydrogens is 252 g/mol. The van der Waals surface area contributed by atoms with E-state index in [2.05, 4.69) is 5.32 Å². The molecule has 0 saturated heterocycles. The molecule has 110 valence electrons. The summed E-state index contributed by atoms with van der Waals surface area (Å²) in [6.45, 7) is 7.83. The number of hydrogen-bond acceptors (Lipinski definition) is 2. The highest BCUT2D eigenvalue weighted by Crippen LogP contribution is 2.19. The standard InChI is InChI=1S/C16H24N2O2/c1-6-11(2)16(20)18(5)10-14(19)17-15-12(3)8-7-9-13(15)4/h7-9,11H,6,10H2,1-5H3,(H,17,19). The van der Waals surface area contributed by atoms with Crippen LogP contribution in [0.1, 0.15) is 31.4 Å². The first-order valence-electron chi connectivity index (χ1n) is 6.97. The van der Waals surface area contributed by atoms with Crippen LogP contribution in [0.5, 0.6) is 0 Å². The SMILES string of the molecule is CCC(C)C(=O)N(C)CC(=O)Nc1c(C)cccc1C. The van der Waals surface area contributed by atoms with Gasteiger partial charge in [0.15, 0.2) is 0 Å². The highest BCUT2D eigenvalue weighted by molar-refractivity contribution is 5.95. The summed E-state index contributed by atoms with van der Waals surface area (Å²) in [5.74, 6) is -0.210. The quantitative estimate of drug-likeness (QED) is 0.899. The van der Waals surface area contributed by atoms with Gasteiger partial charge in [-0.1, -0.05) is 32.0 Å². The summed E-state index contributed by atoms with van der Waals surface area (Å²) >= 11 is 0. The predicted octanol–water partition coefficient (Wildman–Crippen LogP) is 2.75. The zero-order valence-electron chi connectivity index (χ0n) is 13.0.